The number of rotatable bonds is 0. The summed E-state index contributed by atoms with van der Waals surface area (Å²) >= 11 is 0. The summed E-state index contributed by atoms with van der Waals surface area (Å²) in [6.07, 6.45) is 1.53. The molecular formula is C8H11NO2. The summed E-state index contributed by atoms with van der Waals surface area (Å²) < 4.78 is 0. The fourth-order valence-corrected chi connectivity index (χ4v) is 2.16. The van der Waals surface area contributed by atoms with Crippen molar-refractivity contribution in [2.75, 3.05) is 0 Å². The minimum absolute atomic E-state index is 0.0509. The average Bonchev–Trinajstić information content (AvgIpc) is 1.82. The van der Waals surface area contributed by atoms with Gasteiger partial charge in [-0.05, 0) is 12.3 Å². The minimum atomic E-state index is -0.333. The predicted octanol–water partition coefficient (Wildman–Crippen LogP) is 0.1000. The molecule has 2 bridgehead atoms. The highest BCUT2D eigenvalue weighted by molar-refractivity contribution is 6.05. The van der Waals surface area contributed by atoms with Crippen molar-refractivity contribution in [1.29, 1.82) is 0 Å². The number of nitrogens with one attached hydrogen (secondary N) is 1. The van der Waals surface area contributed by atoms with Gasteiger partial charge in [0.2, 0.25) is 5.91 Å². The van der Waals surface area contributed by atoms with E-state index in [2.05, 4.69) is 5.32 Å². The van der Waals surface area contributed by atoms with E-state index >= 15 is 0 Å². The van der Waals surface area contributed by atoms with Crippen LogP contribution in [0, 0.1) is 11.8 Å². The number of carbonyl (C=O) groups is 2. The summed E-state index contributed by atoms with van der Waals surface area (Å²) in [5, 5.41) is 2.82. The molecule has 2 saturated heterocycles. The van der Waals surface area contributed by atoms with Crippen LogP contribution in [0.5, 0.6) is 0 Å². The van der Waals surface area contributed by atoms with Gasteiger partial charge in [0.25, 0.3) is 0 Å². The Morgan fingerprint density at radius 2 is 2.18 bits per heavy atom. The SMILES string of the molecule is C[C@H]1C[C@H]2CC(=O)[C@@H]1C(=O)N2. The average molecular weight is 153 g/mol. The van der Waals surface area contributed by atoms with E-state index in [1.807, 2.05) is 6.92 Å². The summed E-state index contributed by atoms with van der Waals surface area (Å²) in [4.78, 5) is 22.4. The Bertz CT molecular complexity index is 206. The van der Waals surface area contributed by atoms with Gasteiger partial charge in [-0.15, -0.1) is 0 Å². The maximum atomic E-state index is 11.2. The first-order valence-electron chi connectivity index (χ1n) is 4.01. The largest absolute Gasteiger partial charge is 0.352 e. The number of hydrogen-bond donors (Lipinski definition) is 1. The highest BCUT2D eigenvalue weighted by Crippen LogP contribution is 2.31. The van der Waals surface area contributed by atoms with Crippen LogP contribution in [-0.4, -0.2) is 17.7 Å². The number of piperidine rings is 2. The first kappa shape index (κ1) is 6.83. The zero-order valence-electron chi connectivity index (χ0n) is 6.46. The molecule has 0 aromatic rings. The lowest BCUT2D eigenvalue weighted by Crippen LogP contribution is -2.57. The molecule has 3 aliphatic rings. The standard InChI is InChI=1S/C8H11NO2/c1-4-2-5-3-6(10)7(4)8(11)9-5/h4-5,7H,2-3H2,1H3,(H,9,11)/t4-,5-,7+/m0/s1. The van der Waals surface area contributed by atoms with Crippen LogP contribution < -0.4 is 5.32 Å². The van der Waals surface area contributed by atoms with Gasteiger partial charge in [-0.3, -0.25) is 9.59 Å². The van der Waals surface area contributed by atoms with E-state index in [4.69, 9.17) is 0 Å². The first-order chi connectivity index (χ1) is 5.18. The number of fused-ring (bicyclic) bond motifs is 3. The van der Waals surface area contributed by atoms with Crippen LogP contribution in [0.3, 0.4) is 0 Å². The second-order valence-corrected chi connectivity index (χ2v) is 3.57. The lowest BCUT2D eigenvalue weighted by atomic mass is 9.73. The van der Waals surface area contributed by atoms with Crippen LogP contribution >= 0.6 is 0 Å². The number of ketones is 1. The van der Waals surface area contributed by atoms with Gasteiger partial charge in [0.05, 0.1) is 5.92 Å². The lowest BCUT2D eigenvalue weighted by Gasteiger charge is -2.39. The van der Waals surface area contributed by atoms with E-state index < -0.39 is 0 Å². The summed E-state index contributed by atoms with van der Waals surface area (Å²) in [6, 6.07) is 0.134. The highest BCUT2D eigenvalue weighted by atomic mass is 16.2. The predicted molar refractivity (Wildman–Crippen MR) is 38.8 cm³/mol. The zero-order valence-corrected chi connectivity index (χ0v) is 6.46. The topological polar surface area (TPSA) is 46.2 Å². The summed E-state index contributed by atoms with van der Waals surface area (Å²) in [5.74, 6) is 0.0116. The van der Waals surface area contributed by atoms with Gasteiger partial charge >= 0.3 is 0 Å². The van der Waals surface area contributed by atoms with Gasteiger partial charge in [0.15, 0.2) is 0 Å². The van der Waals surface area contributed by atoms with Crippen LogP contribution in [-0.2, 0) is 9.59 Å². The zero-order chi connectivity index (χ0) is 8.01. The van der Waals surface area contributed by atoms with E-state index in [0.29, 0.717) is 6.42 Å². The van der Waals surface area contributed by atoms with Crippen molar-refractivity contribution >= 4 is 11.7 Å². The Hall–Kier alpha value is -0.860. The third kappa shape index (κ3) is 0.870. The lowest BCUT2D eigenvalue weighted by molar-refractivity contribution is -0.144. The molecule has 0 aromatic heterocycles. The molecule has 0 radical (unpaired) electrons. The number of Topliss-reactive ketones (excluding diaryl/α,β-unsaturated/α-hetero) is 1. The fraction of sp³-hybridized carbons (Fsp3) is 0.750. The van der Waals surface area contributed by atoms with Crippen molar-refractivity contribution in [2.24, 2.45) is 11.8 Å². The third-order valence-electron chi connectivity index (χ3n) is 2.65. The van der Waals surface area contributed by atoms with Crippen molar-refractivity contribution in [1.82, 2.24) is 5.32 Å². The number of amides is 1. The van der Waals surface area contributed by atoms with E-state index in [-0.39, 0.29) is 29.6 Å². The molecule has 1 saturated carbocycles. The Morgan fingerprint density at radius 3 is 2.55 bits per heavy atom. The quantitative estimate of drug-likeness (QED) is 0.502. The van der Waals surface area contributed by atoms with Crippen molar-refractivity contribution in [3.8, 4) is 0 Å². The highest BCUT2D eigenvalue weighted by Gasteiger charge is 2.44. The van der Waals surface area contributed by atoms with Crippen LogP contribution in [0.2, 0.25) is 0 Å². The number of carbonyl (C=O) groups excluding carboxylic acids is 2. The molecule has 1 aliphatic carbocycles. The Labute approximate surface area is 65.2 Å². The summed E-state index contributed by atoms with van der Waals surface area (Å²) in [6.45, 7) is 1.98. The smallest absolute Gasteiger partial charge is 0.231 e. The molecule has 1 N–H and O–H groups in total. The van der Waals surface area contributed by atoms with Gasteiger partial charge in [-0.2, -0.15) is 0 Å². The molecule has 3 rings (SSSR count). The minimum Gasteiger partial charge on any atom is -0.352 e. The third-order valence-corrected chi connectivity index (χ3v) is 2.65. The maximum absolute atomic E-state index is 11.2. The van der Waals surface area contributed by atoms with E-state index in [1.54, 1.807) is 0 Å². The van der Waals surface area contributed by atoms with E-state index in [9.17, 15) is 9.59 Å². The Balaban J connectivity index is 2.30. The van der Waals surface area contributed by atoms with Crippen molar-refractivity contribution < 1.29 is 9.59 Å². The molecule has 0 unspecified atom stereocenters. The molecule has 60 valence electrons. The second kappa shape index (κ2) is 2.06. The Kier molecular flexibility index (Phi) is 1.28. The van der Waals surface area contributed by atoms with Crippen LogP contribution in [0.25, 0.3) is 0 Å². The molecule has 2 heterocycles. The number of hydrogen-bond acceptors (Lipinski definition) is 2. The van der Waals surface area contributed by atoms with Gasteiger partial charge in [0.1, 0.15) is 5.78 Å². The van der Waals surface area contributed by atoms with Crippen LogP contribution in [0.15, 0.2) is 0 Å². The molecular weight excluding hydrogens is 142 g/mol. The summed E-state index contributed by atoms with van der Waals surface area (Å²) in [7, 11) is 0. The van der Waals surface area contributed by atoms with Crippen molar-refractivity contribution in [2.45, 2.75) is 25.8 Å². The van der Waals surface area contributed by atoms with Crippen LogP contribution in [0.4, 0.5) is 0 Å². The van der Waals surface area contributed by atoms with Crippen LogP contribution in [0.1, 0.15) is 19.8 Å². The molecule has 3 heteroatoms. The first-order valence-corrected chi connectivity index (χ1v) is 4.01. The molecule has 1 amide bonds. The fourth-order valence-electron chi connectivity index (χ4n) is 2.16. The van der Waals surface area contributed by atoms with E-state index in [0.717, 1.165) is 6.42 Å². The molecule has 3 atom stereocenters. The van der Waals surface area contributed by atoms with Gasteiger partial charge in [-0.1, -0.05) is 6.92 Å². The Morgan fingerprint density at radius 1 is 1.45 bits per heavy atom. The second-order valence-electron chi connectivity index (χ2n) is 3.57. The van der Waals surface area contributed by atoms with Crippen molar-refractivity contribution in [3.63, 3.8) is 0 Å². The van der Waals surface area contributed by atoms with E-state index in [1.165, 1.54) is 0 Å². The summed E-state index contributed by atoms with van der Waals surface area (Å²) in [5.41, 5.74) is 0. The maximum Gasteiger partial charge on any atom is 0.231 e. The molecule has 2 aliphatic heterocycles. The monoisotopic (exact) mass is 153 g/mol. The molecule has 0 spiro atoms. The normalized spacial score (nSPS) is 42.5. The van der Waals surface area contributed by atoms with Gasteiger partial charge in [0, 0.05) is 12.5 Å². The van der Waals surface area contributed by atoms with Gasteiger partial charge in [-0.25, -0.2) is 0 Å². The van der Waals surface area contributed by atoms with Crippen molar-refractivity contribution in [3.05, 3.63) is 0 Å². The molecule has 3 nitrogen and oxygen atoms in total. The molecule has 0 aromatic carbocycles. The molecule has 3 fully saturated rings. The van der Waals surface area contributed by atoms with Gasteiger partial charge < -0.3 is 5.32 Å². The molecule has 11 heavy (non-hydrogen) atoms.